The van der Waals surface area contributed by atoms with Crippen molar-refractivity contribution in [2.75, 3.05) is 23.3 Å². The molecule has 178 valence electrons. The van der Waals surface area contributed by atoms with Gasteiger partial charge < -0.3 is 15.3 Å². The minimum Gasteiger partial charge on any atom is -0.478 e. The molecule has 4 rings (SSSR count). The van der Waals surface area contributed by atoms with Crippen LogP contribution in [0.25, 0.3) is 11.0 Å². The number of piperidine rings is 1. The standard InChI is InChI=1S/C25H22F2N6O2/c1-14-10-17(15(2)30-18-5-3-4-16(12-28)21(18)24(34)35)22-19(11-14)31-20(13-29)23(32-22)33-8-6-25(26,27)7-9-33/h3-5,10-11,15,30H,6-9H2,1-2H3,(H,34,35)/t15-/m1/s1. The summed E-state index contributed by atoms with van der Waals surface area (Å²) in [5.74, 6) is -3.72. The molecule has 1 aliphatic rings. The number of alkyl halides is 2. The van der Waals surface area contributed by atoms with Crippen LogP contribution >= 0.6 is 0 Å². The number of nitriles is 2. The number of aromatic nitrogens is 2. The first-order chi connectivity index (χ1) is 16.6. The highest BCUT2D eigenvalue weighted by Crippen LogP contribution is 2.34. The largest absolute Gasteiger partial charge is 0.478 e. The average Bonchev–Trinajstić information content (AvgIpc) is 2.82. The van der Waals surface area contributed by atoms with Gasteiger partial charge in [-0.15, -0.1) is 0 Å². The molecule has 35 heavy (non-hydrogen) atoms. The number of fused-ring (bicyclic) bond motifs is 1. The zero-order chi connectivity index (χ0) is 25.3. The van der Waals surface area contributed by atoms with Crippen LogP contribution in [0.3, 0.4) is 0 Å². The number of anilines is 2. The summed E-state index contributed by atoms with van der Waals surface area (Å²) in [6.07, 6.45) is -0.660. The maximum absolute atomic E-state index is 13.7. The first kappa shape index (κ1) is 23.8. The summed E-state index contributed by atoms with van der Waals surface area (Å²) < 4.78 is 27.4. The summed E-state index contributed by atoms with van der Waals surface area (Å²) >= 11 is 0. The SMILES string of the molecule is Cc1cc([C@@H](C)Nc2cccc(C#N)c2C(=O)O)c2nc(N3CCC(F)(F)CC3)c(C#N)nc2c1. The van der Waals surface area contributed by atoms with Crippen LogP contribution in [-0.4, -0.2) is 40.1 Å². The summed E-state index contributed by atoms with van der Waals surface area (Å²) in [5.41, 5.74) is 2.75. The fourth-order valence-electron chi connectivity index (χ4n) is 4.30. The van der Waals surface area contributed by atoms with Crippen LogP contribution < -0.4 is 10.2 Å². The monoisotopic (exact) mass is 476 g/mol. The molecule has 0 spiro atoms. The van der Waals surface area contributed by atoms with Gasteiger partial charge in [-0.2, -0.15) is 10.5 Å². The second kappa shape index (κ2) is 9.15. The molecular weight excluding hydrogens is 454 g/mol. The second-order valence-electron chi connectivity index (χ2n) is 8.58. The van der Waals surface area contributed by atoms with E-state index in [0.29, 0.717) is 16.6 Å². The lowest BCUT2D eigenvalue weighted by Gasteiger charge is -2.33. The highest BCUT2D eigenvalue weighted by molar-refractivity contribution is 5.97. The molecule has 0 aliphatic carbocycles. The fraction of sp³-hybridized carbons (Fsp3) is 0.320. The highest BCUT2D eigenvalue weighted by Gasteiger charge is 2.35. The Labute approximate surface area is 200 Å². The molecule has 1 saturated heterocycles. The molecule has 2 aromatic carbocycles. The van der Waals surface area contributed by atoms with Gasteiger partial charge in [0.05, 0.1) is 28.3 Å². The molecule has 1 fully saturated rings. The van der Waals surface area contributed by atoms with Gasteiger partial charge >= 0.3 is 5.97 Å². The molecule has 0 amide bonds. The quantitative estimate of drug-likeness (QED) is 0.538. The van der Waals surface area contributed by atoms with Crippen molar-refractivity contribution in [2.24, 2.45) is 0 Å². The third-order valence-electron chi connectivity index (χ3n) is 6.06. The summed E-state index contributed by atoms with van der Waals surface area (Å²) in [7, 11) is 0. The Morgan fingerprint density at radius 3 is 2.54 bits per heavy atom. The molecule has 1 atom stereocenters. The topological polar surface area (TPSA) is 126 Å². The molecule has 0 saturated carbocycles. The Bertz CT molecular complexity index is 1400. The average molecular weight is 476 g/mol. The molecule has 10 heteroatoms. The van der Waals surface area contributed by atoms with E-state index >= 15 is 0 Å². The van der Waals surface area contributed by atoms with Crippen LogP contribution in [0.2, 0.25) is 0 Å². The molecule has 8 nitrogen and oxygen atoms in total. The number of aryl methyl sites for hydroxylation is 1. The van der Waals surface area contributed by atoms with Gasteiger partial charge in [-0.3, -0.25) is 0 Å². The molecule has 0 radical (unpaired) electrons. The third-order valence-corrected chi connectivity index (χ3v) is 6.06. The van der Waals surface area contributed by atoms with E-state index in [-0.39, 0.29) is 54.3 Å². The van der Waals surface area contributed by atoms with Crippen molar-refractivity contribution in [1.82, 2.24) is 9.97 Å². The van der Waals surface area contributed by atoms with Crippen molar-refractivity contribution < 1.29 is 18.7 Å². The Kier molecular flexibility index (Phi) is 6.23. The smallest absolute Gasteiger partial charge is 0.339 e. The Morgan fingerprint density at radius 2 is 1.91 bits per heavy atom. The zero-order valence-corrected chi connectivity index (χ0v) is 19.1. The number of carboxylic acids is 1. The van der Waals surface area contributed by atoms with E-state index in [1.165, 1.54) is 6.07 Å². The molecule has 1 aromatic heterocycles. The van der Waals surface area contributed by atoms with Crippen molar-refractivity contribution >= 4 is 28.5 Å². The third kappa shape index (κ3) is 4.69. The van der Waals surface area contributed by atoms with Crippen LogP contribution in [0.15, 0.2) is 30.3 Å². The maximum atomic E-state index is 13.7. The summed E-state index contributed by atoms with van der Waals surface area (Å²) in [6.45, 7) is 3.79. The minimum atomic E-state index is -2.74. The first-order valence-electron chi connectivity index (χ1n) is 11.0. The highest BCUT2D eigenvalue weighted by atomic mass is 19.3. The summed E-state index contributed by atoms with van der Waals surface area (Å²) in [6, 6.07) is 11.8. The number of rotatable bonds is 5. The van der Waals surface area contributed by atoms with Crippen molar-refractivity contribution in [3.63, 3.8) is 0 Å². The zero-order valence-electron chi connectivity index (χ0n) is 19.1. The number of nitrogens with zero attached hydrogens (tertiary/aromatic N) is 5. The number of benzene rings is 2. The molecule has 0 unspecified atom stereocenters. The predicted octanol–water partition coefficient (Wildman–Crippen LogP) is 4.79. The van der Waals surface area contributed by atoms with Crippen LogP contribution in [0, 0.1) is 29.6 Å². The van der Waals surface area contributed by atoms with Crippen molar-refractivity contribution in [3.8, 4) is 12.1 Å². The van der Waals surface area contributed by atoms with Gasteiger partial charge in [-0.1, -0.05) is 12.1 Å². The summed E-state index contributed by atoms with van der Waals surface area (Å²) in [4.78, 5) is 22.6. The van der Waals surface area contributed by atoms with E-state index < -0.39 is 17.9 Å². The normalized spacial score (nSPS) is 15.8. The van der Waals surface area contributed by atoms with Gasteiger partial charge in [0.2, 0.25) is 0 Å². The number of halogens is 2. The van der Waals surface area contributed by atoms with Crippen LogP contribution in [0.4, 0.5) is 20.3 Å². The lowest BCUT2D eigenvalue weighted by atomic mass is 10.0. The Morgan fingerprint density at radius 1 is 1.20 bits per heavy atom. The van der Waals surface area contributed by atoms with E-state index in [2.05, 4.69) is 10.3 Å². The fourth-order valence-corrected chi connectivity index (χ4v) is 4.30. The maximum Gasteiger partial charge on any atom is 0.339 e. The van der Waals surface area contributed by atoms with Crippen LogP contribution in [0.5, 0.6) is 0 Å². The van der Waals surface area contributed by atoms with E-state index in [9.17, 15) is 29.2 Å². The number of nitrogens with one attached hydrogen (secondary N) is 1. The molecule has 1 aliphatic heterocycles. The molecule has 0 bridgehead atoms. The lowest BCUT2D eigenvalue weighted by molar-refractivity contribution is -0.0221. The van der Waals surface area contributed by atoms with Crippen molar-refractivity contribution in [1.29, 1.82) is 10.5 Å². The van der Waals surface area contributed by atoms with Gasteiger partial charge in [0, 0.05) is 31.5 Å². The van der Waals surface area contributed by atoms with E-state index in [0.717, 1.165) is 5.56 Å². The predicted molar refractivity (Wildman–Crippen MR) is 126 cm³/mol. The van der Waals surface area contributed by atoms with E-state index in [1.807, 2.05) is 32.1 Å². The molecular formula is C25H22F2N6O2. The Hall–Kier alpha value is -4.31. The van der Waals surface area contributed by atoms with Gasteiger partial charge in [-0.25, -0.2) is 23.5 Å². The second-order valence-corrected chi connectivity index (χ2v) is 8.58. The number of hydrogen-bond donors (Lipinski definition) is 2. The van der Waals surface area contributed by atoms with Gasteiger partial charge in [0.15, 0.2) is 11.5 Å². The van der Waals surface area contributed by atoms with Crippen LogP contribution in [0.1, 0.15) is 58.5 Å². The van der Waals surface area contributed by atoms with Crippen molar-refractivity contribution in [2.45, 2.75) is 38.7 Å². The van der Waals surface area contributed by atoms with Crippen molar-refractivity contribution in [3.05, 3.63) is 58.3 Å². The number of carboxylic acid groups (broad SMARTS) is 1. The number of hydrogen-bond acceptors (Lipinski definition) is 7. The lowest BCUT2D eigenvalue weighted by Crippen LogP contribution is -2.40. The van der Waals surface area contributed by atoms with Gasteiger partial charge in [0.25, 0.3) is 5.92 Å². The van der Waals surface area contributed by atoms with E-state index in [1.54, 1.807) is 23.1 Å². The minimum absolute atomic E-state index is 0.0337. The molecule has 2 N–H and O–H groups in total. The number of aromatic carboxylic acids is 1. The molecule has 2 heterocycles. The Balaban J connectivity index is 1.79. The van der Waals surface area contributed by atoms with E-state index in [4.69, 9.17) is 4.98 Å². The first-order valence-corrected chi connectivity index (χ1v) is 11.0. The number of carbonyl (C=O) groups is 1. The van der Waals surface area contributed by atoms with Gasteiger partial charge in [0.1, 0.15) is 17.7 Å². The van der Waals surface area contributed by atoms with Gasteiger partial charge in [-0.05, 0) is 37.6 Å². The molecule has 3 aromatic rings. The summed E-state index contributed by atoms with van der Waals surface area (Å²) in [5, 5.41) is 31.8. The van der Waals surface area contributed by atoms with Crippen LogP contribution in [-0.2, 0) is 0 Å².